The van der Waals surface area contributed by atoms with E-state index >= 15 is 0 Å². The van der Waals surface area contributed by atoms with Crippen molar-refractivity contribution >= 4 is 23.3 Å². The van der Waals surface area contributed by atoms with Crippen molar-refractivity contribution in [3.8, 4) is 17.2 Å². The Balaban J connectivity index is 2.21. The smallest absolute Gasteiger partial charge is 0.252 e. The zero-order valence-corrected chi connectivity index (χ0v) is 13.9. The number of rotatable bonds is 7. The molecule has 0 unspecified atom stereocenters. The standard InChI is InChI=1S/C17H16ClNO5/c1-22-11-4-6-15(23-2)12(8-11)14(20)9-24-16-5-3-10(18)7-13(16)17(19)21/h3-8H,9H2,1-2H3,(H2,19,21). The van der Waals surface area contributed by atoms with Crippen LogP contribution in [0.4, 0.5) is 0 Å². The first-order chi connectivity index (χ1) is 11.5. The van der Waals surface area contributed by atoms with Crippen molar-refractivity contribution in [1.82, 2.24) is 0 Å². The van der Waals surface area contributed by atoms with Gasteiger partial charge in [0.15, 0.2) is 6.61 Å². The molecule has 0 heterocycles. The van der Waals surface area contributed by atoms with Crippen LogP contribution < -0.4 is 19.9 Å². The zero-order chi connectivity index (χ0) is 17.7. The molecule has 0 aliphatic rings. The van der Waals surface area contributed by atoms with Gasteiger partial charge in [-0.3, -0.25) is 9.59 Å². The molecule has 1 amide bonds. The normalized spacial score (nSPS) is 10.1. The molecule has 126 valence electrons. The first kappa shape index (κ1) is 17.6. The van der Waals surface area contributed by atoms with Gasteiger partial charge in [0.2, 0.25) is 5.78 Å². The van der Waals surface area contributed by atoms with E-state index in [2.05, 4.69) is 0 Å². The highest BCUT2D eigenvalue weighted by atomic mass is 35.5. The molecule has 2 N–H and O–H groups in total. The maximum absolute atomic E-state index is 12.4. The molecule has 0 saturated carbocycles. The number of ketones is 1. The molecule has 2 aromatic carbocycles. The van der Waals surface area contributed by atoms with Crippen LogP contribution in [0.5, 0.6) is 17.2 Å². The second-order valence-electron chi connectivity index (χ2n) is 4.78. The number of nitrogens with two attached hydrogens (primary N) is 1. The van der Waals surface area contributed by atoms with Crippen LogP contribution in [0.1, 0.15) is 20.7 Å². The molecule has 0 aliphatic heterocycles. The second-order valence-corrected chi connectivity index (χ2v) is 5.22. The van der Waals surface area contributed by atoms with Gasteiger partial charge in [-0.25, -0.2) is 0 Å². The molecule has 2 aromatic rings. The first-order valence-electron chi connectivity index (χ1n) is 6.93. The molecule has 0 saturated heterocycles. The van der Waals surface area contributed by atoms with Gasteiger partial charge in [0.25, 0.3) is 5.91 Å². The highest BCUT2D eigenvalue weighted by Crippen LogP contribution is 2.26. The minimum atomic E-state index is -0.695. The zero-order valence-electron chi connectivity index (χ0n) is 13.2. The van der Waals surface area contributed by atoms with Crippen molar-refractivity contribution < 1.29 is 23.8 Å². The van der Waals surface area contributed by atoms with E-state index < -0.39 is 5.91 Å². The average Bonchev–Trinajstić information content (AvgIpc) is 2.59. The van der Waals surface area contributed by atoms with Crippen LogP contribution in [0.2, 0.25) is 5.02 Å². The molecule has 0 fully saturated rings. The lowest BCUT2D eigenvalue weighted by Crippen LogP contribution is -2.17. The van der Waals surface area contributed by atoms with Gasteiger partial charge in [-0.2, -0.15) is 0 Å². The van der Waals surface area contributed by atoms with E-state index in [-0.39, 0.29) is 23.7 Å². The lowest BCUT2D eigenvalue weighted by molar-refractivity contribution is 0.0909. The van der Waals surface area contributed by atoms with Crippen LogP contribution in [0.3, 0.4) is 0 Å². The molecule has 24 heavy (non-hydrogen) atoms. The summed E-state index contributed by atoms with van der Waals surface area (Å²) < 4.78 is 15.7. The third-order valence-electron chi connectivity index (χ3n) is 3.27. The van der Waals surface area contributed by atoms with Crippen molar-refractivity contribution in [2.24, 2.45) is 5.73 Å². The molecule has 0 atom stereocenters. The molecule has 7 heteroatoms. The van der Waals surface area contributed by atoms with Crippen LogP contribution in [0, 0.1) is 0 Å². The molecule has 0 aromatic heterocycles. The summed E-state index contributed by atoms with van der Waals surface area (Å²) in [7, 11) is 2.96. The van der Waals surface area contributed by atoms with E-state index in [9.17, 15) is 9.59 Å². The molecule has 2 rings (SSSR count). The Kier molecular flexibility index (Phi) is 5.65. The van der Waals surface area contributed by atoms with Crippen molar-refractivity contribution in [2.45, 2.75) is 0 Å². The first-order valence-corrected chi connectivity index (χ1v) is 7.31. The summed E-state index contributed by atoms with van der Waals surface area (Å²) >= 11 is 5.83. The number of ether oxygens (including phenoxy) is 3. The summed E-state index contributed by atoms with van der Waals surface area (Å²) in [6.45, 7) is -0.300. The van der Waals surface area contributed by atoms with Gasteiger partial charge < -0.3 is 19.9 Å². The lowest BCUT2D eigenvalue weighted by Gasteiger charge is -2.12. The topological polar surface area (TPSA) is 87.8 Å². The van der Waals surface area contributed by atoms with E-state index in [0.29, 0.717) is 22.1 Å². The fourth-order valence-corrected chi connectivity index (χ4v) is 2.25. The molecular weight excluding hydrogens is 334 g/mol. The predicted octanol–water partition coefficient (Wildman–Crippen LogP) is 2.72. The van der Waals surface area contributed by atoms with Crippen molar-refractivity contribution in [1.29, 1.82) is 0 Å². The number of benzene rings is 2. The number of primary amides is 1. The Morgan fingerprint density at radius 1 is 1.00 bits per heavy atom. The Morgan fingerprint density at radius 3 is 2.33 bits per heavy atom. The lowest BCUT2D eigenvalue weighted by atomic mass is 10.1. The number of amides is 1. The molecule has 0 aliphatic carbocycles. The van der Waals surface area contributed by atoms with E-state index in [4.69, 9.17) is 31.5 Å². The van der Waals surface area contributed by atoms with Crippen molar-refractivity contribution in [2.75, 3.05) is 20.8 Å². The Hall–Kier alpha value is -2.73. The molecule has 0 spiro atoms. The van der Waals surface area contributed by atoms with Gasteiger partial charge in [0.1, 0.15) is 17.2 Å². The minimum absolute atomic E-state index is 0.105. The Morgan fingerprint density at radius 2 is 1.71 bits per heavy atom. The van der Waals surface area contributed by atoms with Gasteiger partial charge in [-0.1, -0.05) is 11.6 Å². The number of halogens is 1. The second kappa shape index (κ2) is 7.70. The van der Waals surface area contributed by atoms with Crippen LogP contribution in [0.25, 0.3) is 0 Å². The van der Waals surface area contributed by atoms with Gasteiger partial charge in [0.05, 0.1) is 25.3 Å². The minimum Gasteiger partial charge on any atom is -0.497 e. The number of hydrogen-bond acceptors (Lipinski definition) is 5. The summed E-state index contributed by atoms with van der Waals surface area (Å²) in [4.78, 5) is 23.8. The molecule has 6 nitrogen and oxygen atoms in total. The maximum Gasteiger partial charge on any atom is 0.252 e. The van der Waals surface area contributed by atoms with Gasteiger partial charge in [-0.15, -0.1) is 0 Å². The monoisotopic (exact) mass is 349 g/mol. The average molecular weight is 350 g/mol. The summed E-state index contributed by atoms with van der Waals surface area (Å²) in [5, 5.41) is 0.344. The quantitative estimate of drug-likeness (QED) is 0.776. The molecular formula is C17H16ClNO5. The van der Waals surface area contributed by atoms with Gasteiger partial charge in [-0.05, 0) is 36.4 Å². The largest absolute Gasteiger partial charge is 0.497 e. The Labute approximate surface area is 144 Å². The van der Waals surface area contributed by atoms with E-state index in [1.807, 2.05) is 0 Å². The Bertz CT molecular complexity index is 776. The fraction of sp³-hybridized carbons (Fsp3) is 0.176. The molecule has 0 bridgehead atoms. The summed E-state index contributed by atoms with van der Waals surface area (Å²) in [5.74, 6) is 0.0660. The van der Waals surface area contributed by atoms with Crippen LogP contribution in [-0.2, 0) is 0 Å². The van der Waals surface area contributed by atoms with E-state index in [1.54, 1.807) is 24.3 Å². The van der Waals surface area contributed by atoms with Gasteiger partial charge in [0, 0.05) is 5.02 Å². The fourth-order valence-electron chi connectivity index (χ4n) is 2.07. The van der Waals surface area contributed by atoms with Crippen molar-refractivity contribution in [3.05, 3.63) is 52.5 Å². The predicted molar refractivity (Wildman–Crippen MR) is 89.3 cm³/mol. The number of hydrogen-bond donors (Lipinski definition) is 1. The maximum atomic E-state index is 12.4. The van der Waals surface area contributed by atoms with Crippen molar-refractivity contribution in [3.63, 3.8) is 0 Å². The van der Waals surface area contributed by atoms with Crippen LogP contribution >= 0.6 is 11.6 Å². The van der Waals surface area contributed by atoms with Crippen LogP contribution in [0.15, 0.2) is 36.4 Å². The number of Topliss-reactive ketones (excluding diaryl/α,β-unsaturated/α-hetero) is 1. The number of carbonyl (C=O) groups is 2. The van der Waals surface area contributed by atoms with E-state index in [0.717, 1.165) is 0 Å². The van der Waals surface area contributed by atoms with Gasteiger partial charge >= 0.3 is 0 Å². The molecule has 0 radical (unpaired) electrons. The number of carbonyl (C=O) groups excluding carboxylic acids is 2. The summed E-state index contributed by atoms with van der Waals surface area (Å²) in [6, 6.07) is 9.28. The summed E-state index contributed by atoms with van der Waals surface area (Å²) in [6.07, 6.45) is 0. The van der Waals surface area contributed by atoms with Crippen LogP contribution in [-0.4, -0.2) is 32.5 Å². The highest BCUT2D eigenvalue weighted by molar-refractivity contribution is 6.31. The SMILES string of the molecule is COc1ccc(OC)c(C(=O)COc2ccc(Cl)cc2C(N)=O)c1. The third kappa shape index (κ3) is 3.97. The third-order valence-corrected chi connectivity index (χ3v) is 3.51. The highest BCUT2D eigenvalue weighted by Gasteiger charge is 2.16. The van der Waals surface area contributed by atoms with E-state index in [1.165, 1.54) is 26.4 Å². The number of methoxy groups -OCH3 is 2. The summed E-state index contributed by atoms with van der Waals surface area (Å²) in [5.41, 5.74) is 5.70.